The Hall–Kier alpha value is -1.10. The summed E-state index contributed by atoms with van der Waals surface area (Å²) in [6.07, 6.45) is 5.01. The number of carbonyl (C=O) groups is 2. The van der Waals surface area contributed by atoms with Gasteiger partial charge in [0.2, 0.25) is 5.91 Å². The van der Waals surface area contributed by atoms with Gasteiger partial charge >= 0.3 is 5.97 Å². The number of hydrogen-bond acceptors (Lipinski definition) is 3. The SMILES string of the molecule is CCCC(N)CC(=O)N1CCCC(CCC)(C(=O)O)C1. The first kappa shape index (κ1) is 17.0. The molecule has 2 unspecified atom stereocenters. The van der Waals surface area contributed by atoms with E-state index in [1.165, 1.54) is 0 Å². The van der Waals surface area contributed by atoms with Crippen LogP contribution in [0.15, 0.2) is 0 Å². The molecule has 1 amide bonds. The molecule has 1 rings (SSSR count). The topological polar surface area (TPSA) is 83.6 Å². The molecule has 0 aromatic heterocycles. The summed E-state index contributed by atoms with van der Waals surface area (Å²) in [5.41, 5.74) is 5.16. The van der Waals surface area contributed by atoms with Gasteiger partial charge < -0.3 is 15.7 Å². The Morgan fingerprint density at radius 3 is 2.60 bits per heavy atom. The highest BCUT2D eigenvalue weighted by Gasteiger charge is 2.42. The third kappa shape index (κ3) is 4.20. The van der Waals surface area contributed by atoms with Gasteiger partial charge in [0.05, 0.1) is 5.41 Å². The number of aliphatic carboxylic acids is 1. The molecule has 1 aliphatic rings. The molecule has 1 aliphatic heterocycles. The van der Waals surface area contributed by atoms with Crippen molar-refractivity contribution < 1.29 is 14.7 Å². The summed E-state index contributed by atoms with van der Waals surface area (Å²) in [4.78, 5) is 25.6. The predicted molar refractivity (Wildman–Crippen MR) is 78.3 cm³/mol. The van der Waals surface area contributed by atoms with Gasteiger partial charge in [-0.1, -0.05) is 26.7 Å². The predicted octanol–water partition coefficient (Wildman–Crippen LogP) is 2.00. The van der Waals surface area contributed by atoms with Crippen LogP contribution in [0.2, 0.25) is 0 Å². The van der Waals surface area contributed by atoms with Crippen LogP contribution in [0.25, 0.3) is 0 Å². The Kier molecular flexibility index (Phi) is 6.46. The van der Waals surface area contributed by atoms with Crippen LogP contribution in [0.4, 0.5) is 0 Å². The molecule has 0 spiro atoms. The van der Waals surface area contributed by atoms with E-state index in [4.69, 9.17) is 5.73 Å². The molecule has 5 heteroatoms. The fourth-order valence-corrected chi connectivity index (χ4v) is 3.13. The Balaban J connectivity index is 2.67. The smallest absolute Gasteiger partial charge is 0.311 e. The van der Waals surface area contributed by atoms with Gasteiger partial charge in [0.25, 0.3) is 0 Å². The maximum atomic E-state index is 12.3. The van der Waals surface area contributed by atoms with Gasteiger partial charge in [-0.15, -0.1) is 0 Å². The standard InChI is InChI=1S/C15H28N2O3/c1-3-6-12(16)10-13(18)17-9-5-8-15(11-17,7-4-2)14(19)20/h12H,3-11,16H2,1-2H3,(H,19,20). The summed E-state index contributed by atoms with van der Waals surface area (Å²) in [6, 6.07) is -0.111. The number of carboxylic acids is 1. The van der Waals surface area contributed by atoms with Crippen LogP contribution in [-0.4, -0.2) is 41.0 Å². The van der Waals surface area contributed by atoms with Crippen LogP contribution in [0.1, 0.15) is 58.8 Å². The third-order valence-electron chi connectivity index (χ3n) is 4.21. The lowest BCUT2D eigenvalue weighted by Crippen LogP contribution is -2.50. The van der Waals surface area contributed by atoms with Crippen molar-refractivity contribution in [2.45, 2.75) is 64.8 Å². The average Bonchev–Trinajstić information content (AvgIpc) is 2.39. The molecule has 3 N–H and O–H groups in total. The van der Waals surface area contributed by atoms with E-state index in [2.05, 4.69) is 0 Å². The minimum atomic E-state index is -0.769. The molecule has 116 valence electrons. The van der Waals surface area contributed by atoms with Crippen molar-refractivity contribution in [1.29, 1.82) is 0 Å². The number of carboxylic acid groups (broad SMARTS) is 1. The van der Waals surface area contributed by atoms with E-state index in [1.54, 1.807) is 4.90 Å². The molecular formula is C15H28N2O3. The Labute approximate surface area is 121 Å². The molecule has 2 atom stereocenters. The molecule has 0 aromatic carbocycles. The Morgan fingerprint density at radius 2 is 2.05 bits per heavy atom. The highest BCUT2D eigenvalue weighted by Crippen LogP contribution is 2.35. The zero-order valence-electron chi connectivity index (χ0n) is 12.7. The normalized spacial score (nSPS) is 24.4. The highest BCUT2D eigenvalue weighted by atomic mass is 16.4. The zero-order chi connectivity index (χ0) is 15.2. The lowest BCUT2D eigenvalue weighted by molar-refractivity contribution is -0.155. The number of hydrogen-bond donors (Lipinski definition) is 2. The minimum absolute atomic E-state index is 0.00683. The third-order valence-corrected chi connectivity index (χ3v) is 4.21. The van der Waals surface area contributed by atoms with Crippen molar-refractivity contribution in [3.8, 4) is 0 Å². The van der Waals surface area contributed by atoms with Crippen molar-refractivity contribution in [3.63, 3.8) is 0 Å². The second-order valence-corrected chi connectivity index (χ2v) is 6.01. The molecule has 1 fully saturated rings. The van der Waals surface area contributed by atoms with E-state index >= 15 is 0 Å². The van der Waals surface area contributed by atoms with E-state index < -0.39 is 11.4 Å². The molecule has 0 bridgehead atoms. The van der Waals surface area contributed by atoms with Gasteiger partial charge in [0.15, 0.2) is 0 Å². The van der Waals surface area contributed by atoms with E-state index in [9.17, 15) is 14.7 Å². The number of rotatable bonds is 7. The van der Waals surface area contributed by atoms with Crippen molar-refractivity contribution in [2.75, 3.05) is 13.1 Å². The van der Waals surface area contributed by atoms with Gasteiger partial charge in [0.1, 0.15) is 0 Å². The molecular weight excluding hydrogens is 256 g/mol. The molecule has 5 nitrogen and oxygen atoms in total. The minimum Gasteiger partial charge on any atom is -0.481 e. The van der Waals surface area contributed by atoms with Gasteiger partial charge in [0, 0.05) is 25.6 Å². The number of carbonyl (C=O) groups excluding carboxylic acids is 1. The average molecular weight is 284 g/mol. The van der Waals surface area contributed by atoms with E-state index in [1.807, 2.05) is 13.8 Å². The summed E-state index contributed by atoms with van der Waals surface area (Å²) in [6.45, 7) is 5.04. The lowest BCUT2D eigenvalue weighted by atomic mass is 9.76. The monoisotopic (exact) mass is 284 g/mol. The maximum absolute atomic E-state index is 12.3. The van der Waals surface area contributed by atoms with Gasteiger partial charge in [-0.3, -0.25) is 9.59 Å². The van der Waals surface area contributed by atoms with Crippen molar-refractivity contribution in [1.82, 2.24) is 4.90 Å². The van der Waals surface area contributed by atoms with Crippen LogP contribution < -0.4 is 5.73 Å². The number of nitrogens with zero attached hydrogens (tertiary/aromatic N) is 1. The number of amides is 1. The summed E-state index contributed by atoms with van der Waals surface area (Å²) in [5.74, 6) is -0.762. The summed E-state index contributed by atoms with van der Waals surface area (Å²) >= 11 is 0. The second-order valence-electron chi connectivity index (χ2n) is 6.01. The first-order valence-electron chi connectivity index (χ1n) is 7.72. The first-order chi connectivity index (χ1) is 9.45. The molecule has 0 aliphatic carbocycles. The van der Waals surface area contributed by atoms with Crippen molar-refractivity contribution in [2.24, 2.45) is 11.1 Å². The Morgan fingerprint density at radius 1 is 1.35 bits per heavy atom. The largest absolute Gasteiger partial charge is 0.481 e. The quantitative estimate of drug-likeness (QED) is 0.749. The van der Waals surface area contributed by atoms with Crippen LogP contribution in [0.5, 0.6) is 0 Å². The number of nitrogens with two attached hydrogens (primary N) is 1. The zero-order valence-corrected chi connectivity index (χ0v) is 12.7. The fraction of sp³-hybridized carbons (Fsp3) is 0.867. The lowest BCUT2D eigenvalue weighted by Gasteiger charge is -2.40. The highest BCUT2D eigenvalue weighted by molar-refractivity contribution is 5.80. The van der Waals surface area contributed by atoms with Crippen LogP contribution in [-0.2, 0) is 9.59 Å². The summed E-state index contributed by atoms with van der Waals surface area (Å²) < 4.78 is 0. The van der Waals surface area contributed by atoms with Gasteiger partial charge in [-0.05, 0) is 25.7 Å². The van der Waals surface area contributed by atoms with E-state index in [-0.39, 0.29) is 11.9 Å². The molecule has 1 heterocycles. The molecule has 0 aromatic rings. The van der Waals surface area contributed by atoms with Crippen LogP contribution in [0.3, 0.4) is 0 Å². The maximum Gasteiger partial charge on any atom is 0.311 e. The van der Waals surface area contributed by atoms with Gasteiger partial charge in [-0.2, -0.15) is 0 Å². The van der Waals surface area contributed by atoms with E-state index in [0.717, 1.165) is 25.7 Å². The second kappa shape index (κ2) is 7.62. The summed E-state index contributed by atoms with van der Waals surface area (Å²) in [5, 5.41) is 9.52. The van der Waals surface area contributed by atoms with Crippen LogP contribution >= 0.6 is 0 Å². The molecule has 1 saturated heterocycles. The van der Waals surface area contributed by atoms with Crippen molar-refractivity contribution >= 4 is 11.9 Å². The van der Waals surface area contributed by atoms with Crippen LogP contribution in [0, 0.1) is 5.41 Å². The van der Waals surface area contributed by atoms with Crippen molar-refractivity contribution in [3.05, 3.63) is 0 Å². The molecule has 0 radical (unpaired) electrons. The Bertz CT molecular complexity index is 342. The number of likely N-dealkylation sites (tertiary alicyclic amines) is 1. The molecule has 20 heavy (non-hydrogen) atoms. The van der Waals surface area contributed by atoms with E-state index in [0.29, 0.717) is 32.4 Å². The number of piperidine rings is 1. The fourth-order valence-electron chi connectivity index (χ4n) is 3.13. The summed E-state index contributed by atoms with van der Waals surface area (Å²) in [7, 11) is 0. The first-order valence-corrected chi connectivity index (χ1v) is 7.72. The molecule has 0 saturated carbocycles. The van der Waals surface area contributed by atoms with Gasteiger partial charge in [-0.25, -0.2) is 0 Å².